The van der Waals surface area contributed by atoms with Crippen molar-refractivity contribution >= 4 is 29.9 Å². The molecule has 0 aromatic carbocycles. The largest absolute Gasteiger partial charge is 0.381 e. The number of halogens is 1. The molecule has 0 amide bonds. The molecule has 4 rings (SSSR count). The van der Waals surface area contributed by atoms with Crippen LogP contribution in [-0.4, -0.2) is 62.5 Å². The molecule has 1 aliphatic carbocycles. The van der Waals surface area contributed by atoms with Crippen LogP contribution in [0.2, 0.25) is 0 Å². The quantitative estimate of drug-likeness (QED) is 0.389. The predicted molar refractivity (Wildman–Crippen MR) is 111 cm³/mol. The molecule has 0 aromatic heterocycles. The second-order valence-electron chi connectivity index (χ2n) is 8.77. The third-order valence-electron chi connectivity index (χ3n) is 6.98. The first-order valence-electron chi connectivity index (χ1n) is 9.81. The molecule has 4 aliphatic rings. The van der Waals surface area contributed by atoms with Gasteiger partial charge in [-0.15, -0.1) is 24.0 Å². The fourth-order valence-corrected chi connectivity index (χ4v) is 5.47. The van der Waals surface area contributed by atoms with Gasteiger partial charge in [0.2, 0.25) is 0 Å². The van der Waals surface area contributed by atoms with E-state index >= 15 is 0 Å². The zero-order valence-corrected chi connectivity index (χ0v) is 18.3. The summed E-state index contributed by atoms with van der Waals surface area (Å²) in [6.07, 6.45) is 5.31. The van der Waals surface area contributed by atoms with Crippen molar-refractivity contribution < 1.29 is 9.47 Å². The van der Waals surface area contributed by atoms with Gasteiger partial charge in [-0.2, -0.15) is 0 Å². The van der Waals surface area contributed by atoms with Crippen LogP contribution >= 0.6 is 24.0 Å². The molecule has 0 radical (unpaired) electrons. The first kappa shape index (κ1) is 19.7. The van der Waals surface area contributed by atoms with Gasteiger partial charge in [-0.05, 0) is 38.0 Å². The Hall–Kier alpha value is -0.0800. The Bertz CT molecular complexity index is 505. The minimum absolute atomic E-state index is 0. The smallest absolute Gasteiger partial charge is 0.194 e. The molecule has 3 saturated heterocycles. The second kappa shape index (κ2) is 7.50. The van der Waals surface area contributed by atoms with Crippen LogP contribution in [0.1, 0.15) is 46.5 Å². The van der Waals surface area contributed by atoms with E-state index in [1.165, 1.54) is 25.7 Å². The summed E-state index contributed by atoms with van der Waals surface area (Å²) in [5.41, 5.74) is 0.661. The van der Waals surface area contributed by atoms with Crippen molar-refractivity contribution in [2.75, 3.05) is 39.5 Å². The summed E-state index contributed by atoms with van der Waals surface area (Å²) in [5, 5.41) is 3.84. The van der Waals surface area contributed by atoms with E-state index in [-0.39, 0.29) is 29.4 Å². The average molecular weight is 463 g/mol. The highest BCUT2D eigenvalue weighted by atomic mass is 127. The van der Waals surface area contributed by atoms with E-state index in [9.17, 15) is 0 Å². The molecule has 3 atom stereocenters. The van der Waals surface area contributed by atoms with E-state index in [2.05, 4.69) is 31.0 Å². The molecular formula is C19H34IN3O2. The van der Waals surface area contributed by atoms with Crippen LogP contribution in [0.25, 0.3) is 0 Å². The number of hydrogen-bond donors (Lipinski definition) is 1. The van der Waals surface area contributed by atoms with Crippen molar-refractivity contribution in [3.8, 4) is 0 Å². The maximum absolute atomic E-state index is 5.95. The summed E-state index contributed by atoms with van der Waals surface area (Å²) in [7, 11) is 0. The van der Waals surface area contributed by atoms with Crippen LogP contribution in [0.5, 0.6) is 0 Å². The topological polar surface area (TPSA) is 46.1 Å². The fourth-order valence-electron chi connectivity index (χ4n) is 5.47. The molecule has 1 N–H and O–H groups in total. The lowest BCUT2D eigenvalue weighted by atomic mass is 9.57. The molecule has 3 aliphatic heterocycles. The summed E-state index contributed by atoms with van der Waals surface area (Å²) < 4.78 is 11.5. The number of likely N-dealkylation sites (tertiary alicyclic amines) is 1. The first-order chi connectivity index (χ1) is 11.6. The van der Waals surface area contributed by atoms with Crippen molar-refractivity contribution in [3.05, 3.63) is 0 Å². The Morgan fingerprint density at radius 1 is 1.20 bits per heavy atom. The lowest BCUT2D eigenvalue weighted by Crippen LogP contribution is -2.68. The van der Waals surface area contributed by atoms with Gasteiger partial charge in [0.25, 0.3) is 0 Å². The normalized spacial score (nSPS) is 35.9. The number of nitrogens with one attached hydrogen (secondary N) is 1. The Morgan fingerprint density at radius 2 is 1.96 bits per heavy atom. The van der Waals surface area contributed by atoms with Crippen molar-refractivity contribution in [1.29, 1.82) is 0 Å². The van der Waals surface area contributed by atoms with Gasteiger partial charge in [-0.3, -0.25) is 4.99 Å². The number of ether oxygens (including phenoxy) is 2. The summed E-state index contributed by atoms with van der Waals surface area (Å²) in [6.45, 7) is 12.7. The van der Waals surface area contributed by atoms with Crippen molar-refractivity contribution in [3.63, 3.8) is 0 Å². The minimum atomic E-state index is 0. The molecule has 5 nitrogen and oxygen atoms in total. The summed E-state index contributed by atoms with van der Waals surface area (Å²) in [4.78, 5) is 7.35. The molecule has 1 spiro atoms. The molecule has 144 valence electrons. The summed E-state index contributed by atoms with van der Waals surface area (Å²) in [6, 6.07) is 0.488. The molecule has 0 aromatic rings. The van der Waals surface area contributed by atoms with E-state index in [1.54, 1.807) is 0 Å². The average Bonchev–Trinajstić information content (AvgIpc) is 3.18. The van der Waals surface area contributed by atoms with Crippen LogP contribution in [0.4, 0.5) is 0 Å². The van der Waals surface area contributed by atoms with Crippen LogP contribution < -0.4 is 5.32 Å². The summed E-state index contributed by atoms with van der Waals surface area (Å²) >= 11 is 0. The van der Waals surface area contributed by atoms with Crippen molar-refractivity contribution in [2.24, 2.45) is 21.7 Å². The van der Waals surface area contributed by atoms with Gasteiger partial charge < -0.3 is 19.7 Å². The SMILES string of the molecule is CCN=C(NC1C2CCOC2C1(C)C)N1CCC2(CCOCC2)C1.I. The number of rotatable bonds is 2. The lowest BCUT2D eigenvalue weighted by Gasteiger charge is -2.55. The number of guanidine groups is 1. The molecule has 3 heterocycles. The predicted octanol–water partition coefficient (Wildman–Crippen LogP) is 2.89. The molecule has 3 unspecified atom stereocenters. The van der Waals surface area contributed by atoms with Gasteiger partial charge in [0, 0.05) is 56.8 Å². The zero-order valence-electron chi connectivity index (χ0n) is 15.9. The number of hydrogen-bond acceptors (Lipinski definition) is 3. The highest BCUT2D eigenvalue weighted by Crippen LogP contribution is 2.52. The van der Waals surface area contributed by atoms with Gasteiger partial charge in [-0.25, -0.2) is 0 Å². The van der Waals surface area contributed by atoms with E-state index in [1.807, 2.05) is 0 Å². The van der Waals surface area contributed by atoms with Gasteiger partial charge in [0.1, 0.15) is 0 Å². The molecule has 25 heavy (non-hydrogen) atoms. The molecular weight excluding hydrogens is 429 g/mol. The third-order valence-corrected chi connectivity index (χ3v) is 6.98. The van der Waals surface area contributed by atoms with Crippen LogP contribution in [0.15, 0.2) is 4.99 Å². The number of nitrogens with zero attached hydrogens (tertiary/aromatic N) is 2. The molecule has 4 fully saturated rings. The van der Waals surface area contributed by atoms with E-state index in [0.29, 0.717) is 23.5 Å². The van der Waals surface area contributed by atoms with Crippen LogP contribution in [-0.2, 0) is 9.47 Å². The Labute approximate surface area is 169 Å². The van der Waals surface area contributed by atoms with Gasteiger partial charge >= 0.3 is 0 Å². The fraction of sp³-hybridized carbons (Fsp3) is 0.947. The van der Waals surface area contributed by atoms with Crippen LogP contribution in [0.3, 0.4) is 0 Å². The highest BCUT2D eigenvalue weighted by Gasteiger charge is 2.60. The van der Waals surface area contributed by atoms with Crippen molar-refractivity contribution in [2.45, 2.75) is 58.6 Å². The standard InChI is InChI=1S/C19H33N3O2.HI/c1-4-20-17(21-15-14-5-10-24-16(14)18(15,2)3)22-9-6-19(13-22)7-11-23-12-8-19;/h14-16H,4-13H2,1-3H3,(H,20,21);1H. The van der Waals surface area contributed by atoms with E-state index in [4.69, 9.17) is 14.5 Å². The molecule has 1 saturated carbocycles. The second-order valence-corrected chi connectivity index (χ2v) is 8.77. The maximum Gasteiger partial charge on any atom is 0.194 e. The Balaban J connectivity index is 0.00000182. The van der Waals surface area contributed by atoms with Crippen molar-refractivity contribution in [1.82, 2.24) is 10.2 Å². The third kappa shape index (κ3) is 3.43. The molecule has 6 heteroatoms. The van der Waals surface area contributed by atoms with Gasteiger partial charge in [0.15, 0.2) is 5.96 Å². The zero-order chi connectivity index (χ0) is 16.8. The summed E-state index contributed by atoms with van der Waals surface area (Å²) in [5.74, 6) is 1.78. The Morgan fingerprint density at radius 3 is 2.68 bits per heavy atom. The van der Waals surface area contributed by atoms with E-state index < -0.39 is 0 Å². The lowest BCUT2D eigenvalue weighted by molar-refractivity contribution is -0.107. The van der Waals surface area contributed by atoms with Crippen LogP contribution in [0, 0.1) is 16.7 Å². The Kier molecular flexibility index (Phi) is 5.91. The minimum Gasteiger partial charge on any atom is -0.381 e. The number of aliphatic imine (C=N–C) groups is 1. The molecule has 0 bridgehead atoms. The maximum atomic E-state index is 5.95. The number of fused-ring (bicyclic) bond motifs is 1. The van der Waals surface area contributed by atoms with Gasteiger partial charge in [-0.1, -0.05) is 13.8 Å². The van der Waals surface area contributed by atoms with E-state index in [0.717, 1.165) is 45.4 Å². The first-order valence-corrected chi connectivity index (χ1v) is 9.81. The highest BCUT2D eigenvalue weighted by molar-refractivity contribution is 14.0. The monoisotopic (exact) mass is 463 g/mol. The van der Waals surface area contributed by atoms with Gasteiger partial charge in [0.05, 0.1) is 6.10 Å².